The number of ether oxygens (including phenoxy) is 1. The molecule has 0 atom stereocenters. The molecular formula is C21H26ClN3O5S. The van der Waals surface area contributed by atoms with E-state index in [9.17, 15) is 13.2 Å². The fourth-order valence-corrected chi connectivity index (χ4v) is 6.36. The number of aryl methyl sites for hydroxylation is 2. The molecule has 0 N–H and O–H groups in total. The number of hydrogen-bond acceptors (Lipinski definition) is 6. The Hall–Kier alpha value is -1.94. The molecule has 2 fully saturated rings. The third-order valence-corrected chi connectivity index (χ3v) is 8.64. The van der Waals surface area contributed by atoms with Crippen LogP contribution < -0.4 is 0 Å². The number of piperazine rings is 1. The van der Waals surface area contributed by atoms with Gasteiger partial charge in [-0.3, -0.25) is 4.79 Å². The van der Waals surface area contributed by atoms with Crippen molar-refractivity contribution in [1.82, 2.24) is 14.4 Å². The van der Waals surface area contributed by atoms with E-state index in [2.05, 4.69) is 5.16 Å². The van der Waals surface area contributed by atoms with E-state index in [1.807, 2.05) is 12.1 Å². The summed E-state index contributed by atoms with van der Waals surface area (Å²) in [7, 11) is -3.72. The molecule has 2 aliphatic heterocycles. The molecule has 1 aromatic heterocycles. The van der Waals surface area contributed by atoms with E-state index in [4.69, 9.17) is 20.9 Å². The third-order valence-electron chi connectivity index (χ3n) is 6.24. The van der Waals surface area contributed by atoms with Gasteiger partial charge in [0.15, 0.2) is 5.76 Å². The summed E-state index contributed by atoms with van der Waals surface area (Å²) < 4.78 is 38.1. The molecule has 31 heavy (non-hydrogen) atoms. The molecule has 0 spiro atoms. The van der Waals surface area contributed by atoms with E-state index in [0.29, 0.717) is 49.9 Å². The lowest BCUT2D eigenvalue weighted by atomic mass is 9.73. The van der Waals surface area contributed by atoms with Crippen molar-refractivity contribution in [1.29, 1.82) is 0 Å². The predicted octanol–water partition coefficient (Wildman–Crippen LogP) is 2.53. The molecule has 0 unspecified atom stereocenters. The van der Waals surface area contributed by atoms with Gasteiger partial charge in [-0.05, 0) is 44.4 Å². The number of amides is 1. The van der Waals surface area contributed by atoms with Crippen molar-refractivity contribution in [2.45, 2.75) is 37.0 Å². The second-order valence-corrected chi connectivity index (χ2v) is 10.4. The Bertz CT molecular complexity index is 1030. The van der Waals surface area contributed by atoms with Crippen LogP contribution in [0.25, 0.3) is 0 Å². The minimum Gasteiger partial charge on any atom is -0.381 e. The monoisotopic (exact) mass is 467 g/mol. The van der Waals surface area contributed by atoms with Crippen molar-refractivity contribution in [3.63, 3.8) is 0 Å². The molecule has 8 nitrogen and oxygen atoms in total. The molecule has 1 amide bonds. The van der Waals surface area contributed by atoms with E-state index in [1.54, 1.807) is 30.9 Å². The van der Waals surface area contributed by atoms with Crippen LogP contribution in [0, 0.1) is 13.8 Å². The molecule has 168 valence electrons. The lowest BCUT2D eigenvalue weighted by Gasteiger charge is -2.42. The van der Waals surface area contributed by atoms with Crippen LogP contribution in [0.1, 0.15) is 29.9 Å². The van der Waals surface area contributed by atoms with Gasteiger partial charge in [0.05, 0.1) is 5.41 Å². The van der Waals surface area contributed by atoms with Crippen LogP contribution in [0.2, 0.25) is 5.02 Å². The fraction of sp³-hybridized carbons (Fsp3) is 0.524. The molecule has 2 aromatic rings. The Kier molecular flexibility index (Phi) is 6.13. The van der Waals surface area contributed by atoms with Crippen molar-refractivity contribution >= 4 is 27.5 Å². The summed E-state index contributed by atoms with van der Waals surface area (Å²) in [4.78, 5) is 15.6. The summed E-state index contributed by atoms with van der Waals surface area (Å²) >= 11 is 6.05. The normalized spacial score (nSPS) is 20.0. The summed E-state index contributed by atoms with van der Waals surface area (Å²) in [5, 5.41) is 4.39. The predicted molar refractivity (Wildman–Crippen MR) is 114 cm³/mol. The van der Waals surface area contributed by atoms with Gasteiger partial charge in [-0.25, -0.2) is 8.42 Å². The van der Waals surface area contributed by atoms with Gasteiger partial charge in [-0.1, -0.05) is 28.9 Å². The van der Waals surface area contributed by atoms with Crippen molar-refractivity contribution in [2.75, 3.05) is 39.4 Å². The standard InChI is InChI=1S/C21H26ClN3O5S/c1-15-19(16(2)30-23-15)31(27,28)25-11-9-24(10-12-25)20(26)21(7-13-29-14-8-21)17-3-5-18(22)6-4-17/h3-6H,7-14H2,1-2H3. The molecule has 3 heterocycles. The number of halogens is 1. The molecule has 4 rings (SSSR count). The molecule has 1 aromatic carbocycles. The lowest BCUT2D eigenvalue weighted by Crippen LogP contribution is -2.56. The van der Waals surface area contributed by atoms with Gasteiger partial charge in [-0.2, -0.15) is 4.31 Å². The van der Waals surface area contributed by atoms with Gasteiger partial charge in [0.25, 0.3) is 0 Å². The summed E-state index contributed by atoms with van der Waals surface area (Å²) in [5.41, 5.74) is 0.599. The maximum absolute atomic E-state index is 13.7. The first kappa shape index (κ1) is 22.3. The molecule has 0 bridgehead atoms. The van der Waals surface area contributed by atoms with E-state index in [-0.39, 0.29) is 29.7 Å². The number of benzene rings is 1. The van der Waals surface area contributed by atoms with Gasteiger partial charge in [0, 0.05) is 44.4 Å². The highest BCUT2D eigenvalue weighted by atomic mass is 35.5. The Balaban J connectivity index is 1.53. The zero-order chi connectivity index (χ0) is 22.2. The minimum absolute atomic E-state index is 0.0208. The van der Waals surface area contributed by atoms with Crippen LogP contribution in [-0.2, 0) is 25.0 Å². The molecular weight excluding hydrogens is 442 g/mol. The first-order valence-electron chi connectivity index (χ1n) is 10.3. The number of carbonyl (C=O) groups is 1. The number of rotatable bonds is 4. The van der Waals surface area contributed by atoms with E-state index in [0.717, 1.165) is 5.56 Å². The summed E-state index contributed by atoms with van der Waals surface area (Å²) in [6.45, 7) is 5.34. The fourth-order valence-electron chi connectivity index (χ4n) is 4.52. The highest BCUT2D eigenvalue weighted by Gasteiger charge is 2.45. The quantitative estimate of drug-likeness (QED) is 0.686. The summed E-state index contributed by atoms with van der Waals surface area (Å²) in [6, 6.07) is 7.42. The van der Waals surface area contributed by atoms with E-state index in [1.165, 1.54) is 4.31 Å². The zero-order valence-corrected chi connectivity index (χ0v) is 19.2. The smallest absolute Gasteiger partial charge is 0.248 e. The summed E-state index contributed by atoms with van der Waals surface area (Å²) in [6.07, 6.45) is 1.18. The first-order valence-corrected chi connectivity index (χ1v) is 12.1. The summed E-state index contributed by atoms with van der Waals surface area (Å²) in [5.74, 6) is 0.299. The highest BCUT2D eigenvalue weighted by Crippen LogP contribution is 2.38. The number of hydrogen-bond donors (Lipinski definition) is 0. The van der Waals surface area contributed by atoms with Gasteiger partial charge in [0.1, 0.15) is 10.6 Å². The number of carbonyl (C=O) groups excluding carboxylic acids is 1. The van der Waals surface area contributed by atoms with Crippen molar-refractivity contribution < 1.29 is 22.5 Å². The highest BCUT2D eigenvalue weighted by molar-refractivity contribution is 7.89. The average molecular weight is 468 g/mol. The largest absolute Gasteiger partial charge is 0.381 e. The van der Waals surface area contributed by atoms with E-state index < -0.39 is 15.4 Å². The van der Waals surface area contributed by atoms with Gasteiger partial charge in [0.2, 0.25) is 15.9 Å². The SMILES string of the molecule is Cc1noc(C)c1S(=O)(=O)N1CCN(C(=O)C2(c3ccc(Cl)cc3)CCOCC2)CC1. The topological polar surface area (TPSA) is 93.0 Å². The van der Waals surface area contributed by atoms with Crippen LogP contribution in [0.4, 0.5) is 0 Å². The second-order valence-electron chi connectivity index (χ2n) is 8.05. The first-order chi connectivity index (χ1) is 14.8. The molecule has 2 aliphatic rings. The van der Waals surface area contributed by atoms with Gasteiger partial charge in [-0.15, -0.1) is 0 Å². The average Bonchev–Trinajstić information content (AvgIpc) is 3.13. The van der Waals surface area contributed by atoms with Crippen LogP contribution in [0.15, 0.2) is 33.7 Å². The van der Waals surface area contributed by atoms with Crippen LogP contribution in [0.3, 0.4) is 0 Å². The minimum atomic E-state index is -3.72. The molecule has 0 saturated carbocycles. The Morgan fingerprint density at radius 2 is 1.68 bits per heavy atom. The molecule has 0 aliphatic carbocycles. The lowest BCUT2D eigenvalue weighted by molar-refractivity contribution is -0.142. The second kappa shape index (κ2) is 8.54. The van der Waals surface area contributed by atoms with E-state index >= 15 is 0 Å². The Morgan fingerprint density at radius 1 is 1.06 bits per heavy atom. The zero-order valence-electron chi connectivity index (χ0n) is 17.6. The molecule has 0 radical (unpaired) electrons. The number of nitrogens with zero attached hydrogens (tertiary/aromatic N) is 3. The van der Waals surface area contributed by atoms with Gasteiger partial charge >= 0.3 is 0 Å². The number of sulfonamides is 1. The van der Waals surface area contributed by atoms with Crippen molar-refractivity contribution in [2.24, 2.45) is 0 Å². The van der Waals surface area contributed by atoms with Crippen LogP contribution in [-0.4, -0.2) is 68.1 Å². The maximum atomic E-state index is 13.7. The van der Waals surface area contributed by atoms with Gasteiger partial charge < -0.3 is 14.2 Å². The Morgan fingerprint density at radius 3 is 2.23 bits per heavy atom. The van der Waals surface area contributed by atoms with Crippen LogP contribution >= 0.6 is 11.6 Å². The molecule has 10 heteroatoms. The van der Waals surface area contributed by atoms with Crippen LogP contribution in [0.5, 0.6) is 0 Å². The van der Waals surface area contributed by atoms with Crippen molar-refractivity contribution in [3.05, 3.63) is 46.3 Å². The Labute approximate surface area is 187 Å². The maximum Gasteiger partial charge on any atom is 0.248 e. The number of aromatic nitrogens is 1. The molecule has 2 saturated heterocycles. The van der Waals surface area contributed by atoms with Crippen molar-refractivity contribution in [3.8, 4) is 0 Å². The third kappa shape index (κ3) is 4.00.